The minimum absolute atomic E-state index is 0.0547. The Labute approximate surface area is 88.2 Å². The molecule has 0 spiro atoms. The smallest absolute Gasteiger partial charge is 0.224 e. The highest BCUT2D eigenvalue weighted by Crippen LogP contribution is 2.04. The van der Waals surface area contributed by atoms with E-state index in [2.05, 4.69) is 10.6 Å². The molecule has 0 heterocycles. The summed E-state index contributed by atoms with van der Waals surface area (Å²) < 4.78 is 5.05. The summed E-state index contributed by atoms with van der Waals surface area (Å²) in [6, 6.07) is 0. The molecule has 0 aliphatic heterocycles. The van der Waals surface area contributed by atoms with E-state index in [0.29, 0.717) is 18.8 Å². The molecule has 0 atom stereocenters. The highest BCUT2D eigenvalue weighted by molar-refractivity contribution is 7.94. The van der Waals surface area contributed by atoms with Crippen molar-refractivity contribution in [3.63, 3.8) is 0 Å². The largest absolute Gasteiger partial charge is 0.359 e. The van der Waals surface area contributed by atoms with Gasteiger partial charge < -0.3 is 14.8 Å². The van der Waals surface area contributed by atoms with Gasteiger partial charge in [0, 0.05) is 19.8 Å². The lowest BCUT2D eigenvalue weighted by molar-refractivity contribution is -0.121. The van der Waals surface area contributed by atoms with E-state index in [-0.39, 0.29) is 11.8 Å². The third-order valence-electron chi connectivity index (χ3n) is 1.36. The molecule has 2 N–H and O–H groups in total. The minimum Gasteiger partial charge on any atom is -0.359 e. The van der Waals surface area contributed by atoms with Gasteiger partial charge in [-0.05, 0) is 12.0 Å². The maximum atomic E-state index is 10.7. The molecule has 0 aromatic carbocycles. The molecule has 0 aliphatic carbocycles. The van der Waals surface area contributed by atoms with Gasteiger partial charge in [0.1, 0.15) is 0 Å². The first-order valence-electron chi connectivity index (χ1n) is 4.20. The monoisotopic (exact) mass is 219 g/mol. The van der Waals surface area contributed by atoms with Crippen LogP contribution in [0.5, 0.6) is 0 Å². The average molecular weight is 219 g/mol. The molecule has 6 heteroatoms. The van der Waals surface area contributed by atoms with Crippen molar-refractivity contribution < 1.29 is 13.8 Å². The zero-order valence-corrected chi connectivity index (χ0v) is 9.15. The molecule has 0 unspecified atom stereocenters. The summed E-state index contributed by atoms with van der Waals surface area (Å²) in [6.07, 6.45) is 1.81. The first-order valence-corrected chi connectivity index (χ1v) is 5.11. The zero-order chi connectivity index (χ0) is 10.8. The molecule has 81 valence electrons. The van der Waals surface area contributed by atoms with E-state index < -0.39 is 0 Å². The van der Waals surface area contributed by atoms with Gasteiger partial charge in [-0.3, -0.25) is 9.59 Å². The number of amides is 2. The second-order valence-electron chi connectivity index (χ2n) is 2.35. The van der Waals surface area contributed by atoms with Gasteiger partial charge in [-0.25, -0.2) is 0 Å². The Morgan fingerprint density at radius 2 is 2.07 bits per heavy atom. The van der Waals surface area contributed by atoms with Crippen molar-refractivity contribution in [2.75, 3.05) is 26.5 Å². The van der Waals surface area contributed by atoms with Crippen molar-refractivity contribution in [2.45, 2.75) is 6.42 Å². The summed E-state index contributed by atoms with van der Waals surface area (Å²) in [4.78, 5) is 21.4. The minimum atomic E-state index is -0.132. The molecule has 0 aromatic rings. The number of nitrogens with one attached hydrogen (secondary N) is 2. The highest BCUT2D eigenvalue weighted by atomic mass is 32.2. The summed E-state index contributed by atoms with van der Waals surface area (Å²) in [5.74, 6) is 0.293. The van der Waals surface area contributed by atoms with Crippen molar-refractivity contribution in [2.24, 2.45) is 0 Å². The van der Waals surface area contributed by atoms with E-state index in [1.165, 1.54) is 6.42 Å². The maximum Gasteiger partial charge on any atom is 0.224 e. The van der Waals surface area contributed by atoms with E-state index in [1.807, 2.05) is 0 Å². The van der Waals surface area contributed by atoms with Gasteiger partial charge in [0.2, 0.25) is 11.8 Å². The van der Waals surface area contributed by atoms with Crippen LogP contribution in [0.1, 0.15) is 6.42 Å². The van der Waals surface area contributed by atoms with Crippen molar-refractivity contribution >= 4 is 23.9 Å². The van der Waals surface area contributed by atoms with E-state index in [0.717, 1.165) is 12.0 Å². The molecule has 0 aromatic heterocycles. The van der Waals surface area contributed by atoms with Crippen LogP contribution in [-0.4, -0.2) is 38.3 Å². The maximum absolute atomic E-state index is 10.7. The molecule has 0 saturated heterocycles. The third-order valence-corrected chi connectivity index (χ3v) is 1.99. The lowest BCUT2D eigenvalue weighted by Gasteiger charge is -2.01. The molecule has 0 aliphatic rings. The molecular formula is C8H15N2O3S. The molecular weight excluding hydrogens is 204 g/mol. The van der Waals surface area contributed by atoms with Crippen LogP contribution in [0.25, 0.3) is 0 Å². The summed E-state index contributed by atoms with van der Waals surface area (Å²) >= 11 is 1.15. The fourth-order valence-electron chi connectivity index (χ4n) is 0.578. The number of hydrogen-bond acceptors (Lipinski definition) is 4. The van der Waals surface area contributed by atoms with Crippen LogP contribution in [0, 0.1) is 6.42 Å². The second-order valence-corrected chi connectivity index (χ2v) is 3.15. The molecule has 0 bridgehead atoms. The Morgan fingerprint density at radius 3 is 2.64 bits per heavy atom. The zero-order valence-electron chi connectivity index (χ0n) is 8.33. The molecule has 0 saturated carbocycles. The van der Waals surface area contributed by atoms with Gasteiger partial charge in [0.25, 0.3) is 0 Å². The standard InChI is InChI=1S/C8H15N2O3S/c1-9-7(11)3-5-13-14-6-4-8(12)10-2/h4H,3,5-6H2,1-2H3,(H,9,11)(H,10,12). The first-order chi connectivity index (χ1) is 6.70. The summed E-state index contributed by atoms with van der Waals surface area (Å²) in [6.45, 7) is 0.353. The van der Waals surface area contributed by atoms with Crippen molar-refractivity contribution in [3.8, 4) is 0 Å². The average Bonchev–Trinajstić information content (AvgIpc) is 2.22. The van der Waals surface area contributed by atoms with Gasteiger partial charge >= 0.3 is 0 Å². The Kier molecular flexibility index (Phi) is 8.36. The van der Waals surface area contributed by atoms with E-state index in [4.69, 9.17) is 4.18 Å². The van der Waals surface area contributed by atoms with Crippen LogP contribution in [0.3, 0.4) is 0 Å². The summed E-state index contributed by atoms with van der Waals surface area (Å²) in [5, 5.41) is 4.94. The topological polar surface area (TPSA) is 67.4 Å². The van der Waals surface area contributed by atoms with Gasteiger partial charge in [0.15, 0.2) is 0 Å². The van der Waals surface area contributed by atoms with Crippen LogP contribution < -0.4 is 10.6 Å². The number of carbonyl (C=O) groups excluding carboxylic acids is 2. The second kappa shape index (κ2) is 8.83. The summed E-state index contributed by atoms with van der Waals surface area (Å²) in [5.41, 5.74) is 0. The third kappa shape index (κ3) is 7.88. The normalized spacial score (nSPS) is 9.57. The number of rotatable bonds is 7. The van der Waals surface area contributed by atoms with E-state index in [1.54, 1.807) is 14.1 Å². The number of hydrogen-bond donors (Lipinski definition) is 2. The molecule has 1 radical (unpaired) electrons. The van der Waals surface area contributed by atoms with Crippen LogP contribution in [0.4, 0.5) is 0 Å². The number of carbonyl (C=O) groups is 2. The quantitative estimate of drug-likeness (QED) is 0.457. The SMILES string of the molecule is CNC(=O)[CH]CSOCCC(=O)NC. The Bertz CT molecular complexity index is 167. The van der Waals surface area contributed by atoms with Gasteiger partial charge in [0.05, 0.1) is 19.4 Å². The van der Waals surface area contributed by atoms with Crippen molar-refractivity contribution in [3.05, 3.63) is 6.42 Å². The molecule has 14 heavy (non-hydrogen) atoms. The van der Waals surface area contributed by atoms with Crippen LogP contribution in [0.15, 0.2) is 0 Å². The van der Waals surface area contributed by atoms with Gasteiger partial charge in [-0.15, -0.1) is 0 Å². The Morgan fingerprint density at radius 1 is 1.36 bits per heavy atom. The van der Waals surface area contributed by atoms with Crippen LogP contribution in [-0.2, 0) is 13.8 Å². The Hall–Kier alpha value is -0.750. The predicted molar refractivity (Wildman–Crippen MR) is 55.5 cm³/mol. The van der Waals surface area contributed by atoms with E-state index >= 15 is 0 Å². The lowest BCUT2D eigenvalue weighted by atomic mass is 10.4. The molecule has 0 fully saturated rings. The van der Waals surface area contributed by atoms with E-state index in [9.17, 15) is 9.59 Å². The van der Waals surface area contributed by atoms with Crippen LogP contribution in [0.2, 0.25) is 0 Å². The summed E-state index contributed by atoms with van der Waals surface area (Å²) in [7, 11) is 3.14. The fraction of sp³-hybridized carbons (Fsp3) is 0.625. The Balaban J connectivity index is 3.14. The lowest BCUT2D eigenvalue weighted by Crippen LogP contribution is -2.19. The molecule has 2 amide bonds. The van der Waals surface area contributed by atoms with Crippen molar-refractivity contribution in [1.29, 1.82) is 0 Å². The van der Waals surface area contributed by atoms with Crippen LogP contribution >= 0.6 is 12.0 Å². The fourth-order valence-corrected chi connectivity index (χ4v) is 1.09. The van der Waals surface area contributed by atoms with Gasteiger partial charge in [-0.1, -0.05) is 0 Å². The predicted octanol–water partition coefficient (Wildman–Crippen LogP) is -0.262. The first kappa shape index (κ1) is 13.2. The molecule has 5 nitrogen and oxygen atoms in total. The molecule has 0 rings (SSSR count). The highest BCUT2D eigenvalue weighted by Gasteiger charge is 2.00. The van der Waals surface area contributed by atoms with Crippen molar-refractivity contribution in [1.82, 2.24) is 10.6 Å². The van der Waals surface area contributed by atoms with Gasteiger partial charge in [-0.2, -0.15) is 0 Å².